The maximum atomic E-state index is 12.8. The van der Waals surface area contributed by atoms with E-state index in [1.807, 2.05) is 6.07 Å². The summed E-state index contributed by atoms with van der Waals surface area (Å²) in [5.41, 5.74) is 1.48. The third-order valence-electron chi connectivity index (χ3n) is 4.49. The van der Waals surface area contributed by atoms with Crippen molar-refractivity contribution in [3.63, 3.8) is 0 Å². The second-order valence-corrected chi connectivity index (χ2v) is 8.72. The molecule has 1 saturated heterocycles. The zero-order chi connectivity index (χ0) is 22.4. The van der Waals surface area contributed by atoms with E-state index < -0.39 is 0 Å². The van der Waals surface area contributed by atoms with E-state index in [4.69, 9.17) is 33.3 Å². The molecule has 2 aromatic rings. The molecule has 9 heteroatoms. The van der Waals surface area contributed by atoms with E-state index >= 15 is 0 Å². The van der Waals surface area contributed by atoms with Crippen LogP contribution in [0.25, 0.3) is 6.08 Å². The number of halogens is 1. The molecule has 0 atom stereocenters. The van der Waals surface area contributed by atoms with Crippen molar-refractivity contribution in [3.8, 4) is 11.5 Å². The van der Waals surface area contributed by atoms with Crippen molar-refractivity contribution >= 4 is 63.5 Å². The molecule has 1 N–H and O–H groups in total. The zero-order valence-corrected chi connectivity index (χ0v) is 19.4. The fourth-order valence-electron chi connectivity index (χ4n) is 2.94. The van der Waals surface area contributed by atoms with E-state index in [1.54, 1.807) is 56.7 Å². The summed E-state index contributed by atoms with van der Waals surface area (Å²) >= 11 is 12.5. The van der Waals surface area contributed by atoms with E-state index in [1.165, 1.54) is 16.7 Å². The van der Waals surface area contributed by atoms with Gasteiger partial charge in [0.2, 0.25) is 5.91 Å². The first-order valence-corrected chi connectivity index (χ1v) is 11.0. The van der Waals surface area contributed by atoms with Gasteiger partial charge >= 0.3 is 0 Å². The molecule has 162 valence electrons. The first-order chi connectivity index (χ1) is 14.9. The van der Waals surface area contributed by atoms with Crippen molar-refractivity contribution in [3.05, 3.63) is 58.0 Å². The number of hydrogen-bond donors (Lipinski definition) is 1. The van der Waals surface area contributed by atoms with Crippen LogP contribution in [0.1, 0.15) is 18.4 Å². The number of nitrogens with zero attached hydrogens (tertiary/aromatic N) is 1. The van der Waals surface area contributed by atoms with Crippen molar-refractivity contribution in [2.75, 3.05) is 26.1 Å². The SMILES string of the molecule is COc1ccc(C=C2SC(=S)N(CCCC(=O)Nc3ccc(Cl)cc3)C2=O)cc1OC. The molecule has 0 spiro atoms. The Morgan fingerprint density at radius 3 is 2.55 bits per heavy atom. The summed E-state index contributed by atoms with van der Waals surface area (Å²) in [6, 6.07) is 12.3. The molecule has 0 saturated carbocycles. The third kappa shape index (κ3) is 6.00. The highest BCUT2D eigenvalue weighted by atomic mass is 35.5. The summed E-state index contributed by atoms with van der Waals surface area (Å²) in [6.07, 6.45) is 2.54. The van der Waals surface area contributed by atoms with Crippen molar-refractivity contribution < 1.29 is 19.1 Å². The monoisotopic (exact) mass is 476 g/mol. The topological polar surface area (TPSA) is 67.9 Å². The highest BCUT2D eigenvalue weighted by molar-refractivity contribution is 8.26. The van der Waals surface area contributed by atoms with Crippen LogP contribution >= 0.6 is 35.6 Å². The average molecular weight is 477 g/mol. The van der Waals surface area contributed by atoms with Crippen LogP contribution in [-0.2, 0) is 9.59 Å². The number of thioether (sulfide) groups is 1. The van der Waals surface area contributed by atoms with Gasteiger partial charge in [-0.15, -0.1) is 0 Å². The Morgan fingerprint density at radius 1 is 1.16 bits per heavy atom. The number of methoxy groups -OCH3 is 2. The van der Waals surface area contributed by atoms with Gasteiger partial charge in [-0.1, -0.05) is 41.6 Å². The van der Waals surface area contributed by atoms with Gasteiger partial charge in [0.05, 0.1) is 19.1 Å². The molecule has 1 fully saturated rings. The van der Waals surface area contributed by atoms with Gasteiger partial charge in [-0.3, -0.25) is 14.5 Å². The molecule has 0 radical (unpaired) electrons. The van der Waals surface area contributed by atoms with E-state index in [0.717, 1.165) is 5.56 Å². The first kappa shape index (κ1) is 23.1. The Morgan fingerprint density at radius 2 is 1.87 bits per heavy atom. The minimum Gasteiger partial charge on any atom is -0.493 e. The molecule has 6 nitrogen and oxygen atoms in total. The standard InChI is InChI=1S/C22H21ClN2O4S2/c1-28-17-10-5-14(12-18(17)29-2)13-19-21(27)25(22(30)31-19)11-3-4-20(26)24-16-8-6-15(23)7-9-16/h5-10,12-13H,3-4,11H2,1-2H3,(H,24,26). The Kier molecular flexibility index (Phi) is 7.95. The number of rotatable bonds is 8. The molecule has 2 amide bonds. The quantitative estimate of drug-likeness (QED) is 0.428. The van der Waals surface area contributed by atoms with Gasteiger partial charge in [0.1, 0.15) is 4.32 Å². The second-order valence-electron chi connectivity index (χ2n) is 6.61. The van der Waals surface area contributed by atoms with Gasteiger partial charge in [0.15, 0.2) is 11.5 Å². The fourth-order valence-corrected chi connectivity index (χ4v) is 4.38. The lowest BCUT2D eigenvalue weighted by molar-refractivity contribution is -0.122. The Bertz CT molecular complexity index is 1020. The van der Waals surface area contributed by atoms with Crippen LogP contribution in [0.2, 0.25) is 5.02 Å². The van der Waals surface area contributed by atoms with Gasteiger partial charge in [-0.05, 0) is 54.5 Å². The lowest BCUT2D eigenvalue weighted by Gasteiger charge is -2.14. The lowest BCUT2D eigenvalue weighted by Crippen LogP contribution is -2.29. The van der Waals surface area contributed by atoms with Crippen LogP contribution in [0.3, 0.4) is 0 Å². The van der Waals surface area contributed by atoms with Crippen LogP contribution in [0.5, 0.6) is 11.5 Å². The molecule has 1 aliphatic rings. The summed E-state index contributed by atoms with van der Waals surface area (Å²) in [6.45, 7) is 0.377. The van der Waals surface area contributed by atoms with Crippen LogP contribution in [0.4, 0.5) is 5.69 Å². The number of anilines is 1. The second kappa shape index (κ2) is 10.7. The maximum Gasteiger partial charge on any atom is 0.266 e. The molecule has 0 bridgehead atoms. The van der Waals surface area contributed by atoms with Crippen molar-refractivity contribution in [1.29, 1.82) is 0 Å². The van der Waals surface area contributed by atoms with E-state index in [0.29, 0.717) is 44.4 Å². The Labute approximate surface area is 195 Å². The number of hydrogen-bond acceptors (Lipinski definition) is 6. The summed E-state index contributed by atoms with van der Waals surface area (Å²) in [4.78, 5) is 27.0. The molecule has 31 heavy (non-hydrogen) atoms. The van der Waals surface area contributed by atoms with Crippen molar-refractivity contribution in [2.24, 2.45) is 0 Å². The first-order valence-electron chi connectivity index (χ1n) is 9.44. The normalized spacial score (nSPS) is 14.8. The zero-order valence-electron chi connectivity index (χ0n) is 17.0. The number of thiocarbonyl (C=S) groups is 1. The molecule has 0 aromatic heterocycles. The Balaban J connectivity index is 1.57. The lowest BCUT2D eigenvalue weighted by atomic mass is 10.2. The van der Waals surface area contributed by atoms with Crippen LogP contribution in [-0.4, -0.2) is 41.8 Å². The number of nitrogens with one attached hydrogen (secondary N) is 1. The smallest absolute Gasteiger partial charge is 0.266 e. The highest BCUT2D eigenvalue weighted by Gasteiger charge is 2.31. The van der Waals surface area contributed by atoms with Crippen LogP contribution in [0.15, 0.2) is 47.4 Å². The molecular weight excluding hydrogens is 456 g/mol. The highest BCUT2D eigenvalue weighted by Crippen LogP contribution is 2.34. The van der Waals surface area contributed by atoms with E-state index in [-0.39, 0.29) is 18.2 Å². The van der Waals surface area contributed by atoms with Crippen molar-refractivity contribution in [1.82, 2.24) is 4.90 Å². The average Bonchev–Trinajstić information content (AvgIpc) is 3.02. The maximum absolute atomic E-state index is 12.8. The van der Waals surface area contributed by atoms with E-state index in [2.05, 4.69) is 5.32 Å². The molecule has 3 rings (SSSR count). The minimum atomic E-state index is -0.164. The van der Waals surface area contributed by atoms with Crippen LogP contribution < -0.4 is 14.8 Å². The summed E-state index contributed by atoms with van der Waals surface area (Å²) < 4.78 is 11.0. The predicted octanol–water partition coefficient (Wildman–Crippen LogP) is 4.98. The number of ether oxygens (including phenoxy) is 2. The third-order valence-corrected chi connectivity index (χ3v) is 6.12. The van der Waals surface area contributed by atoms with Gasteiger partial charge in [0, 0.05) is 23.7 Å². The molecule has 2 aromatic carbocycles. The molecule has 0 aliphatic carbocycles. The number of amides is 2. The van der Waals surface area contributed by atoms with Crippen LogP contribution in [0, 0.1) is 0 Å². The van der Waals surface area contributed by atoms with Gasteiger partial charge < -0.3 is 14.8 Å². The largest absolute Gasteiger partial charge is 0.493 e. The molecular formula is C22H21ClN2O4S2. The summed E-state index contributed by atoms with van der Waals surface area (Å²) in [5.74, 6) is 0.902. The molecule has 0 unspecified atom stereocenters. The van der Waals surface area contributed by atoms with E-state index in [9.17, 15) is 9.59 Å². The number of carbonyl (C=O) groups excluding carboxylic acids is 2. The predicted molar refractivity (Wildman–Crippen MR) is 129 cm³/mol. The van der Waals surface area contributed by atoms with Crippen molar-refractivity contribution in [2.45, 2.75) is 12.8 Å². The molecule has 1 aliphatic heterocycles. The number of carbonyl (C=O) groups is 2. The van der Waals surface area contributed by atoms with Gasteiger partial charge in [-0.2, -0.15) is 0 Å². The fraction of sp³-hybridized carbons (Fsp3) is 0.227. The van der Waals surface area contributed by atoms with Gasteiger partial charge in [-0.25, -0.2) is 0 Å². The summed E-state index contributed by atoms with van der Waals surface area (Å²) in [5, 5.41) is 3.41. The summed E-state index contributed by atoms with van der Waals surface area (Å²) in [7, 11) is 3.13. The molecule has 1 heterocycles. The Hall–Kier alpha value is -2.55. The number of benzene rings is 2. The van der Waals surface area contributed by atoms with Gasteiger partial charge in [0.25, 0.3) is 5.91 Å². The minimum absolute atomic E-state index is 0.131.